The zero-order valence-electron chi connectivity index (χ0n) is 17.1. The van der Waals surface area contributed by atoms with Gasteiger partial charge in [-0.15, -0.1) is 0 Å². The van der Waals surface area contributed by atoms with E-state index in [2.05, 4.69) is 42.7 Å². The molecule has 8 nitrogen and oxygen atoms in total. The zero-order valence-corrected chi connectivity index (χ0v) is 17.1. The Morgan fingerprint density at radius 2 is 2.03 bits per heavy atom. The van der Waals surface area contributed by atoms with Crippen LogP contribution in [0.1, 0.15) is 13.3 Å². The Kier molecular flexibility index (Phi) is 4.97. The molecular formula is C23H23N7O. The summed E-state index contributed by atoms with van der Waals surface area (Å²) in [6.45, 7) is 2.12. The van der Waals surface area contributed by atoms with Crippen LogP contribution in [0, 0.1) is 0 Å². The second-order valence-corrected chi connectivity index (χ2v) is 7.42. The van der Waals surface area contributed by atoms with E-state index in [1.54, 1.807) is 12.4 Å². The number of imidazole rings is 1. The Bertz CT molecular complexity index is 1320. The lowest BCUT2D eigenvalue weighted by molar-refractivity contribution is 0.272. The van der Waals surface area contributed by atoms with Crippen molar-refractivity contribution in [1.82, 2.24) is 24.3 Å². The zero-order chi connectivity index (χ0) is 21.2. The molecule has 0 aromatic carbocycles. The van der Waals surface area contributed by atoms with Crippen LogP contribution in [0.5, 0.6) is 0 Å². The highest BCUT2D eigenvalue weighted by molar-refractivity contribution is 5.83. The molecule has 4 N–H and O–H groups in total. The van der Waals surface area contributed by atoms with Gasteiger partial charge in [0.15, 0.2) is 5.65 Å². The summed E-state index contributed by atoms with van der Waals surface area (Å²) in [6, 6.07) is 9.98. The molecule has 0 bridgehead atoms. The van der Waals surface area contributed by atoms with E-state index in [1.807, 2.05) is 54.3 Å². The third kappa shape index (κ3) is 3.80. The van der Waals surface area contributed by atoms with Crippen LogP contribution in [-0.2, 0) is 0 Å². The number of rotatable bonds is 7. The number of nitrogens with zero attached hydrogens (tertiary/aromatic N) is 4. The van der Waals surface area contributed by atoms with E-state index in [1.165, 1.54) is 0 Å². The Morgan fingerprint density at radius 1 is 1.10 bits per heavy atom. The number of H-pyrrole nitrogens is 1. The van der Waals surface area contributed by atoms with Gasteiger partial charge in [-0.3, -0.25) is 4.98 Å². The van der Waals surface area contributed by atoms with Gasteiger partial charge in [0.05, 0.1) is 35.2 Å². The summed E-state index contributed by atoms with van der Waals surface area (Å²) in [4.78, 5) is 16.7. The number of anilines is 3. The molecule has 5 aromatic rings. The van der Waals surface area contributed by atoms with Crippen molar-refractivity contribution in [1.29, 1.82) is 0 Å². The van der Waals surface area contributed by atoms with Crippen molar-refractivity contribution in [2.24, 2.45) is 0 Å². The number of aliphatic hydroxyl groups is 1. The molecular weight excluding hydrogens is 390 g/mol. The van der Waals surface area contributed by atoms with Crippen LogP contribution >= 0.6 is 0 Å². The third-order valence-electron chi connectivity index (χ3n) is 5.33. The fourth-order valence-electron chi connectivity index (χ4n) is 3.58. The molecule has 5 aromatic heterocycles. The summed E-state index contributed by atoms with van der Waals surface area (Å²) < 4.78 is 1.99. The lowest BCUT2D eigenvalue weighted by atomic mass is 10.1. The molecule has 0 amide bonds. The van der Waals surface area contributed by atoms with Gasteiger partial charge in [0.25, 0.3) is 0 Å². The Balaban J connectivity index is 1.46. The van der Waals surface area contributed by atoms with E-state index in [0.29, 0.717) is 5.82 Å². The van der Waals surface area contributed by atoms with Crippen LogP contribution in [0.2, 0.25) is 0 Å². The van der Waals surface area contributed by atoms with Crippen LogP contribution in [0.25, 0.3) is 27.8 Å². The van der Waals surface area contributed by atoms with E-state index in [-0.39, 0.29) is 12.6 Å². The van der Waals surface area contributed by atoms with Gasteiger partial charge >= 0.3 is 0 Å². The summed E-state index contributed by atoms with van der Waals surface area (Å²) in [5.74, 6) is 0.711. The monoisotopic (exact) mass is 413 g/mol. The normalized spacial score (nSPS) is 12.3. The predicted octanol–water partition coefficient (Wildman–Crippen LogP) is 4.20. The van der Waals surface area contributed by atoms with E-state index in [4.69, 9.17) is 0 Å². The number of aromatic amines is 1. The van der Waals surface area contributed by atoms with Crippen LogP contribution in [-0.4, -0.2) is 42.1 Å². The lowest BCUT2D eigenvalue weighted by Crippen LogP contribution is -2.22. The SMILES string of the molecule is CCC(CO)Nc1ccc(Nc2cc(-c3cnc4cc[nH]c4c3)cn3ccnc23)nc1. The molecule has 5 heterocycles. The maximum absolute atomic E-state index is 9.37. The molecule has 8 heteroatoms. The van der Waals surface area contributed by atoms with Crippen molar-refractivity contribution in [2.75, 3.05) is 17.2 Å². The Hall–Kier alpha value is -3.91. The van der Waals surface area contributed by atoms with Gasteiger partial charge in [0.1, 0.15) is 5.82 Å². The van der Waals surface area contributed by atoms with E-state index in [9.17, 15) is 5.11 Å². The van der Waals surface area contributed by atoms with Gasteiger partial charge in [-0.1, -0.05) is 6.92 Å². The molecule has 1 atom stereocenters. The molecule has 0 spiro atoms. The second-order valence-electron chi connectivity index (χ2n) is 7.42. The van der Waals surface area contributed by atoms with Gasteiger partial charge in [-0.05, 0) is 36.8 Å². The lowest BCUT2D eigenvalue weighted by Gasteiger charge is -2.15. The maximum atomic E-state index is 9.37. The number of aliphatic hydroxyl groups excluding tert-OH is 1. The van der Waals surface area contributed by atoms with Crippen molar-refractivity contribution in [3.8, 4) is 11.1 Å². The molecule has 1 unspecified atom stereocenters. The average molecular weight is 413 g/mol. The fraction of sp³-hybridized carbons (Fsp3) is 0.174. The topological polar surface area (TPSA) is 103 Å². The Labute approximate surface area is 179 Å². The Morgan fingerprint density at radius 3 is 2.84 bits per heavy atom. The molecule has 0 fully saturated rings. The number of nitrogens with one attached hydrogen (secondary N) is 3. The summed E-state index contributed by atoms with van der Waals surface area (Å²) in [5.41, 5.74) is 6.50. The number of pyridine rings is 3. The summed E-state index contributed by atoms with van der Waals surface area (Å²) >= 11 is 0. The predicted molar refractivity (Wildman–Crippen MR) is 123 cm³/mol. The summed E-state index contributed by atoms with van der Waals surface area (Å²) in [5, 5.41) is 16.0. The van der Waals surface area contributed by atoms with Gasteiger partial charge in [0, 0.05) is 48.2 Å². The first-order valence-corrected chi connectivity index (χ1v) is 10.2. The van der Waals surface area contributed by atoms with Crippen molar-refractivity contribution in [3.05, 3.63) is 67.5 Å². The van der Waals surface area contributed by atoms with E-state index >= 15 is 0 Å². The summed E-state index contributed by atoms with van der Waals surface area (Å²) in [6.07, 6.45) is 12.1. The van der Waals surface area contributed by atoms with Crippen molar-refractivity contribution < 1.29 is 5.11 Å². The highest BCUT2D eigenvalue weighted by atomic mass is 16.3. The van der Waals surface area contributed by atoms with Crippen LogP contribution < -0.4 is 10.6 Å². The minimum absolute atomic E-state index is 0.0208. The second kappa shape index (κ2) is 8.08. The minimum atomic E-state index is 0.0208. The van der Waals surface area contributed by atoms with Gasteiger partial charge in [-0.2, -0.15) is 0 Å². The first kappa shape index (κ1) is 19.1. The smallest absolute Gasteiger partial charge is 0.160 e. The van der Waals surface area contributed by atoms with Crippen LogP contribution in [0.15, 0.2) is 67.5 Å². The van der Waals surface area contributed by atoms with Gasteiger partial charge in [0.2, 0.25) is 0 Å². The number of hydrogen-bond acceptors (Lipinski definition) is 6. The van der Waals surface area contributed by atoms with Gasteiger partial charge in [-0.25, -0.2) is 9.97 Å². The number of aromatic nitrogens is 5. The molecule has 0 saturated heterocycles. The molecule has 5 rings (SSSR count). The molecule has 156 valence electrons. The molecule has 0 aliphatic carbocycles. The summed E-state index contributed by atoms with van der Waals surface area (Å²) in [7, 11) is 0. The molecule has 0 saturated carbocycles. The molecule has 31 heavy (non-hydrogen) atoms. The molecule has 0 aliphatic rings. The van der Waals surface area contributed by atoms with Gasteiger partial charge < -0.3 is 25.1 Å². The maximum Gasteiger partial charge on any atom is 0.160 e. The van der Waals surface area contributed by atoms with Crippen molar-refractivity contribution in [3.63, 3.8) is 0 Å². The first-order chi connectivity index (χ1) is 15.2. The van der Waals surface area contributed by atoms with E-state index < -0.39 is 0 Å². The first-order valence-electron chi connectivity index (χ1n) is 10.2. The molecule has 0 aliphatic heterocycles. The highest BCUT2D eigenvalue weighted by Gasteiger charge is 2.10. The van der Waals surface area contributed by atoms with Crippen molar-refractivity contribution in [2.45, 2.75) is 19.4 Å². The standard InChI is InChI=1S/C23H23N7O/c1-2-17(14-31)28-18-3-4-22(27-12-18)29-21-10-16(13-30-8-7-25-23(21)30)15-9-20-19(26-11-15)5-6-24-20/h3-13,17,24,28,31H,2,14H2,1H3,(H,27,29). The number of hydrogen-bond donors (Lipinski definition) is 4. The van der Waals surface area contributed by atoms with Crippen LogP contribution in [0.4, 0.5) is 17.2 Å². The quantitative estimate of drug-likeness (QED) is 0.319. The fourth-order valence-corrected chi connectivity index (χ4v) is 3.58. The minimum Gasteiger partial charge on any atom is -0.394 e. The largest absolute Gasteiger partial charge is 0.394 e. The number of fused-ring (bicyclic) bond motifs is 2. The van der Waals surface area contributed by atoms with Crippen LogP contribution in [0.3, 0.4) is 0 Å². The van der Waals surface area contributed by atoms with Crippen molar-refractivity contribution >= 4 is 33.9 Å². The van der Waals surface area contributed by atoms with E-state index in [0.717, 1.165) is 45.6 Å². The average Bonchev–Trinajstić information content (AvgIpc) is 3.47. The highest BCUT2D eigenvalue weighted by Crippen LogP contribution is 2.29. The molecule has 0 radical (unpaired) electrons. The third-order valence-corrected chi connectivity index (χ3v) is 5.33.